The predicted molar refractivity (Wildman–Crippen MR) is 54.0 cm³/mol. The van der Waals surface area contributed by atoms with Crippen molar-refractivity contribution in [3.63, 3.8) is 0 Å². The zero-order chi connectivity index (χ0) is 10.7. The van der Waals surface area contributed by atoms with Crippen molar-refractivity contribution < 1.29 is 9.13 Å². The quantitative estimate of drug-likeness (QED) is 0.815. The van der Waals surface area contributed by atoms with Gasteiger partial charge in [-0.05, 0) is 30.3 Å². The number of ether oxygens (including phenoxy) is 1. The van der Waals surface area contributed by atoms with E-state index in [9.17, 15) is 4.39 Å². The lowest BCUT2D eigenvalue weighted by Gasteiger charge is -2.04. The topological polar surface area (TPSA) is 48.1 Å². The van der Waals surface area contributed by atoms with E-state index in [2.05, 4.69) is 11.1 Å². The SMILES string of the molecule is Nc1ccc(Oc2c[c]c(F)cc2)cn1. The van der Waals surface area contributed by atoms with Crippen molar-refractivity contribution in [2.24, 2.45) is 0 Å². The first-order chi connectivity index (χ1) is 7.24. The highest BCUT2D eigenvalue weighted by atomic mass is 19.1. The summed E-state index contributed by atoms with van der Waals surface area (Å²) in [6.45, 7) is 0. The van der Waals surface area contributed by atoms with Crippen LogP contribution in [0, 0.1) is 11.9 Å². The van der Waals surface area contributed by atoms with Crippen LogP contribution in [-0.2, 0) is 0 Å². The Bertz CT molecular complexity index is 396. The maximum Gasteiger partial charge on any atom is 0.145 e. The van der Waals surface area contributed by atoms with Crippen molar-refractivity contribution in [2.45, 2.75) is 0 Å². The van der Waals surface area contributed by atoms with Crippen LogP contribution in [0.5, 0.6) is 11.5 Å². The van der Waals surface area contributed by atoms with Gasteiger partial charge in [0, 0.05) is 6.07 Å². The molecule has 1 aromatic heterocycles. The fraction of sp³-hybridized carbons (Fsp3) is 0. The normalized spacial score (nSPS) is 9.93. The minimum Gasteiger partial charge on any atom is -0.456 e. The van der Waals surface area contributed by atoms with E-state index in [1.54, 1.807) is 12.1 Å². The first-order valence-electron chi connectivity index (χ1n) is 4.31. The molecule has 2 N–H and O–H groups in total. The smallest absolute Gasteiger partial charge is 0.145 e. The van der Waals surface area contributed by atoms with Crippen LogP contribution in [0.3, 0.4) is 0 Å². The molecule has 0 unspecified atom stereocenters. The Morgan fingerprint density at radius 2 is 2.00 bits per heavy atom. The Morgan fingerprint density at radius 3 is 2.60 bits per heavy atom. The van der Waals surface area contributed by atoms with Gasteiger partial charge in [-0.1, -0.05) is 0 Å². The predicted octanol–water partition coefficient (Wildman–Crippen LogP) is 2.40. The monoisotopic (exact) mass is 203 g/mol. The lowest BCUT2D eigenvalue weighted by atomic mass is 10.3. The van der Waals surface area contributed by atoms with Gasteiger partial charge in [-0.25, -0.2) is 9.37 Å². The van der Waals surface area contributed by atoms with E-state index < -0.39 is 5.82 Å². The number of hydrogen-bond donors (Lipinski definition) is 1. The molecule has 0 amide bonds. The van der Waals surface area contributed by atoms with Crippen LogP contribution in [0.25, 0.3) is 0 Å². The highest BCUT2D eigenvalue weighted by Gasteiger charge is 1.98. The van der Waals surface area contributed by atoms with E-state index in [0.717, 1.165) is 0 Å². The fourth-order valence-electron chi connectivity index (χ4n) is 1.04. The van der Waals surface area contributed by atoms with E-state index in [-0.39, 0.29) is 0 Å². The molecule has 3 nitrogen and oxygen atoms in total. The molecule has 1 radical (unpaired) electrons. The van der Waals surface area contributed by atoms with Gasteiger partial charge in [0.1, 0.15) is 23.1 Å². The Hall–Kier alpha value is -2.10. The molecule has 0 saturated carbocycles. The number of hydrogen-bond acceptors (Lipinski definition) is 3. The fourth-order valence-corrected chi connectivity index (χ4v) is 1.04. The zero-order valence-corrected chi connectivity index (χ0v) is 7.77. The summed E-state index contributed by atoms with van der Waals surface area (Å²) in [7, 11) is 0. The largest absolute Gasteiger partial charge is 0.456 e. The molecule has 1 heterocycles. The molecule has 75 valence electrons. The Labute approximate surface area is 86.3 Å². The molecule has 4 heteroatoms. The van der Waals surface area contributed by atoms with E-state index in [1.165, 1.54) is 24.4 Å². The molecular formula is C11H8FN2O. The summed E-state index contributed by atoms with van der Waals surface area (Å²) in [5.41, 5.74) is 5.42. The number of rotatable bonds is 2. The van der Waals surface area contributed by atoms with Crippen molar-refractivity contribution in [1.82, 2.24) is 4.98 Å². The first kappa shape index (κ1) is 9.45. The van der Waals surface area contributed by atoms with Gasteiger partial charge in [0.2, 0.25) is 0 Å². The molecule has 15 heavy (non-hydrogen) atoms. The number of anilines is 1. The summed E-state index contributed by atoms with van der Waals surface area (Å²) in [6.07, 6.45) is 1.50. The molecule has 0 bridgehead atoms. The molecule has 0 aliphatic rings. The number of halogens is 1. The van der Waals surface area contributed by atoms with E-state index in [0.29, 0.717) is 17.3 Å². The van der Waals surface area contributed by atoms with Gasteiger partial charge in [0.05, 0.1) is 6.20 Å². The molecule has 0 aliphatic heterocycles. The van der Waals surface area contributed by atoms with Gasteiger partial charge in [0.15, 0.2) is 0 Å². The molecule has 0 atom stereocenters. The standard InChI is InChI=1S/C11H8FN2O/c12-8-1-3-9(4-2-8)15-10-5-6-11(13)14-7-10/h1,3-7H,(H2,13,14). The Morgan fingerprint density at radius 1 is 1.20 bits per heavy atom. The number of nitrogens with zero attached hydrogens (tertiary/aromatic N) is 1. The Kier molecular flexibility index (Phi) is 2.49. The van der Waals surface area contributed by atoms with Crippen molar-refractivity contribution in [3.8, 4) is 11.5 Å². The van der Waals surface area contributed by atoms with Gasteiger partial charge < -0.3 is 10.5 Å². The van der Waals surface area contributed by atoms with Crippen LogP contribution in [-0.4, -0.2) is 4.98 Å². The van der Waals surface area contributed by atoms with Crippen LogP contribution >= 0.6 is 0 Å². The van der Waals surface area contributed by atoms with Crippen molar-refractivity contribution >= 4 is 5.82 Å². The second-order valence-corrected chi connectivity index (χ2v) is 2.89. The summed E-state index contributed by atoms with van der Waals surface area (Å²) in [4.78, 5) is 3.86. The Balaban J connectivity index is 2.15. The summed E-state index contributed by atoms with van der Waals surface area (Å²) < 4.78 is 17.9. The molecule has 0 saturated heterocycles. The van der Waals surface area contributed by atoms with Gasteiger partial charge in [-0.2, -0.15) is 0 Å². The number of nitrogen functional groups attached to an aromatic ring is 1. The maximum absolute atomic E-state index is 12.5. The summed E-state index contributed by atoms with van der Waals surface area (Å²) in [6, 6.07) is 9.92. The lowest BCUT2D eigenvalue weighted by molar-refractivity contribution is 0.478. The summed E-state index contributed by atoms with van der Waals surface area (Å²) in [5, 5.41) is 0. The zero-order valence-electron chi connectivity index (χ0n) is 7.77. The minimum absolute atomic E-state index is 0.419. The van der Waals surface area contributed by atoms with Crippen LogP contribution in [0.4, 0.5) is 10.2 Å². The summed E-state index contributed by atoms with van der Waals surface area (Å²) >= 11 is 0. The number of nitrogens with two attached hydrogens (primary N) is 1. The molecule has 0 fully saturated rings. The second kappa shape index (κ2) is 3.96. The molecule has 1 aromatic carbocycles. The highest BCUT2D eigenvalue weighted by molar-refractivity contribution is 5.35. The molecule has 0 spiro atoms. The lowest BCUT2D eigenvalue weighted by Crippen LogP contribution is -1.90. The number of pyridine rings is 1. The van der Waals surface area contributed by atoms with E-state index in [1.807, 2.05) is 0 Å². The van der Waals surface area contributed by atoms with Crippen LogP contribution in [0.2, 0.25) is 0 Å². The van der Waals surface area contributed by atoms with Crippen LogP contribution in [0.15, 0.2) is 36.5 Å². The number of benzene rings is 1. The van der Waals surface area contributed by atoms with Gasteiger partial charge in [-0.3, -0.25) is 0 Å². The summed E-state index contributed by atoms with van der Waals surface area (Å²) in [5.74, 6) is 1.05. The van der Waals surface area contributed by atoms with Crippen molar-refractivity contribution in [1.29, 1.82) is 0 Å². The van der Waals surface area contributed by atoms with Crippen LogP contribution in [0.1, 0.15) is 0 Å². The average Bonchev–Trinajstić information content (AvgIpc) is 2.25. The number of aromatic nitrogens is 1. The average molecular weight is 203 g/mol. The molecule has 2 rings (SSSR count). The third-order valence-electron chi connectivity index (χ3n) is 1.74. The van der Waals surface area contributed by atoms with Gasteiger partial charge >= 0.3 is 0 Å². The maximum atomic E-state index is 12.5. The second-order valence-electron chi connectivity index (χ2n) is 2.89. The molecular weight excluding hydrogens is 195 g/mol. The third kappa shape index (κ3) is 2.43. The highest BCUT2D eigenvalue weighted by Crippen LogP contribution is 2.20. The van der Waals surface area contributed by atoms with Gasteiger partial charge in [-0.15, -0.1) is 0 Å². The van der Waals surface area contributed by atoms with Gasteiger partial charge in [0.25, 0.3) is 0 Å². The first-order valence-corrected chi connectivity index (χ1v) is 4.31. The third-order valence-corrected chi connectivity index (χ3v) is 1.74. The van der Waals surface area contributed by atoms with Crippen LogP contribution < -0.4 is 10.5 Å². The van der Waals surface area contributed by atoms with E-state index in [4.69, 9.17) is 10.5 Å². The molecule has 0 aliphatic carbocycles. The van der Waals surface area contributed by atoms with E-state index >= 15 is 0 Å². The minimum atomic E-state index is -0.419. The molecule has 2 aromatic rings. The van der Waals surface area contributed by atoms with Crippen molar-refractivity contribution in [2.75, 3.05) is 5.73 Å². The van der Waals surface area contributed by atoms with Crippen molar-refractivity contribution in [3.05, 3.63) is 48.4 Å².